The van der Waals surface area contributed by atoms with Crippen molar-refractivity contribution >= 4 is 17.3 Å². The van der Waals surface area contributed by atoms with Gasteiger partial charge in [-0.1, -0.05) is 18.2 Å². The molecule has 6 heteroatoms. The number of ether oxygens (including phenoxy) is 1. The molecule has 3 rings (SSSR count). The molecule has 0 amide bonds. The molecule has 0 spiro atoms. The second-order valence-electron chi connectivity index (χ2n) is 5.16. The summed E-state index contributed by atoms with van der Waals surface area (Å²) in [6.45, 7) is 5.53. The van der Waals surface area contributed by atoms with Gasteiger partial charge in [-0.25, -0.2) is 9.97 Å². The highest BCUT2D eigenvalue weighted by molar-refractivity contribution is 5.58. The first-order valence-electron chi connectivity index (χ1n) is 7.58. The average molecular weight is 299 g/mol. The van der Waals surface area contributed by atoms with Crippen LogP contribution >= 0.6 is 0 Å². The summed E-state index contributed by atoms with van der Waals surface area (Å²) in [5.41, 5.74) is 1.01. The van der Waals surface area contributed by atoms with E-state index in [0.29, 0.717) is 0 Å². The fourth-order valence-electron chi connectivity index (χ4n) is 2.36. The third kappa shape index (κ3) is 4.41. The van der Waals surface area contributed by atoms with Crippen LogP contribution in [0, 0.1) is 0 Å². The highest BCUT2D eigenvalue weighted by atomic mass is 16.5. The van der Waals surface area contributed by atoms with Crippen LogP contribution in [-0.2, 0) is 4.74 Å². The first-order valence-corrected chi connectivity index (χ1v) is 7.58. The van der Waals surface area contributed by atoms with E-state index in [1.54, 1.807) is 6.33 Å². The molecule has 2 aromatic rings. The molecule has 0 bridgehead atoms. The molecule has 116 valence electrons. The normalized spacial score (nSPS) is 15.5. The van der Waals surface area contributed by atoms with E-state index in [2.05, 4.69) is 25.5 Å². The van der Waals surface area contributed by atoms with E-state index < -0.39 is 0 Å². The maximum absolute atomic E-state index is 5.35. The molecule has 0 unspecified atom stereocenters. The first kappa shape index (κ1) is 14.7. The molecule has 6 nitrogen and oxygen atoms in total. The van der Waals surface area contributed by atoms with Crippen molar-refractivity contribution in [2.75, 3.05) is 50.0 Å². The van der Waals surface area contributed by atoms with Gasteiger partial charge in [0.05, 0.1) is 13.2 Å². The summed E-state index contributed by atoms with van der Waals surface area (Å²) in [7, 11) is 0. The average Bonchev–Trinajstić information content (AvgIpc) is 2.57. The molecule has 1 aliphatic rings. The Kier molecular flexibility index (Phi) is 5.18. The van der Waals surface area contributed by atoms with Crippen LogP contribution in [0.25, 0.3) is 0 Å². The van der Waals surface area contributed by atoms with Gasteiger partial charge in [0.15, 0.2) is 0 Å². The monoisotopic (exact) mass is 299 g/mol. The van der Waals surface area contributed by atoms with Crippen molar-refractivity contribution in [1.82, 2.24) is 14.9 Å². The lowest BCUT2D eigenvalue weighted by Crippen LogP contribution is -2.39. The number of hydrogen-bond acceptors (Lipinski definition) is 6. The molecule has 2 heterocycles. The standard InChI is InChI=1S/C16H21N5O/c1-2-4-14(5-3-1)20-16-12-15(18-13-19-16)17-6-7-21-8-10-22-11-9-21/h1-5,12-13H,6-11H2,(H2,17,18,19,20). The molecular formula is C16H21N5O. The van der Waals surface area contributed by atoms with E-state index in [1.807, 2.05) is 36.4 Å². The van der Waals surface area contributed by atoms with Crippen LogP contribution in [0.15, 0.2) is 42.7 Å². The number of rotatable bonds is 6. The van der Waals surface area contributed by atoms with Gasteiger partial charge >= 0.3 is 0 Å². The summed E-state index contributed by atoms with van der Waals surface area (Å²) in [5.74, 6) is 1.62. The van der Waals surface area contributed by atoms with Crippen LogP contribution in [0.3, 0.4) is 0 Å². The zero-order chi connectivity index (χ0) is 15.0. The fourth-order valence-corrected chi connectivity index (χ4v) is 2.36. The Morgan fingerprint density at radius 2 is 1.82 bits per heavy atom. The summed E-state index contributed by atoms with van der Waals surface area (Å²) in [4.78, 5) is 10.9. The number of benzene rings is 1. The van der Waals surface area contributed by atoms with Crippen LogP contribution in [0.2, 0.25) is 0 Å². The van der Waals surface area contributed by atoms with Crippen LogP contribution in [0.1, 0.15) is 0 Å². The fraction of sp³-hybridized carbons (Fsp3) is 0.375. The third-order valence-electron chi connectivity index (χ3n) is 3.55. The first-order chi connectivity index (χ1) is 10.9. The van der Waals surface area contributed by atoms with Gasteiger partial charge in [0.2, 0.25) is 0 Å². The molecule has 0 aliphatic carbocycles. The van der Waals surface area contributed by atoms with Gasteiger partial charge < -0.3 is 15.4 Å². The second-order valence-corrected chi connectivity index (χ2v) is 5.16. The SMILES string of the molecule is c1ccc(Nc2cc(NCCN3CCOCC3)ncn2)cc1. The van der Waals surface area contributed by atoms with Crippen molar-refractivity contribution < 1.29 is 4.74 Å². The van der Waals surface area contributed by atoms with Gasteiger partial charge in [-0.05, 0) is 12.1 Å². The summed E-state index contributed by atoms with van der Waals surface area (Å²) in [6, 6.07) is 11.9. The van der Waals surface area contributed by atoms with E-state index >= 15 is 0 Å². The Morgan fingerprint density at radius 3 is 2.64 bits per heavy atom. The van der Waals surface area contributed by atoms with E-state index in [0.717, 1.165) is 56.7 Å². The highest BCUT2D eigenvalue weighted by Gasteiger charge is 2.09. The lowest BCUT2D eigenvalue weighted by Gasteiger charge is -2.26. The van der Waals surface area contributed by atoms with Crippen molar-refractivity contribution in [1.29, 1.82) is 0 Å². The quantitative estimate of drug-likeness (QED) is 0.850. The smallest absolute Gasteiger partial charge is 0.135 e. The minimum Gasteiger partial charge on any atom is -0.379 e. The zero-order valence-corrected chi connectivity index (χ0v) is 12.5. The topological polar surface area (TPSA) is 62.3 Å². The molecule has 22 heavy (non-hydrogen) atoms. The van der Waals surface area contributed by atoms with E-state index in [1.165, 1.54) is 0 Å². The van der Waals surface area contributed by atoms with Gasteiger partial charge in [0.25, 0.3) is 0 Å². The molecule has 2 N–H and O–H groups in total. The van der Waals surface area contributed by atoms with Crippen molar-refractivity contribution in [3.8, 4) is 0 Å². The summed E-state index contributed by atoms with van der Waals surface area (Å²) in [6.07, 6.45) is 1.57. The van der Waals surface area contributed by atoms with Gasteiger partial charge in [-0.3, -0.25) is 4.90 Å². The van der Waals surface area contributed by atoms with Crippen molar-refractivity contribution in [2.24, 2.45) is 0 Å². The predicted molar refractivity (Wildman–Crippen MR) is 87.5 cm³/mol. The lowest BCUT2D eigenvalue weighted by atomic mass is 10.3. The molecule has 1 aliphatic heterocycles. The van der Waals surface area contributed by atoms with E-state index in [4.69, 9.17) is 4.74 Å². The van der Waals surface area contributed by atoms with E-state index in [9.17, 15) is 0 Å². The van der Waals surface area contributed by atoms with Crippen molar-refractivity contribution in [2.45, 2.75) is 0 Å². The Labute approximate surface area is 130 Å². The summed E-state index contributed by atoms with van der Waals surface area (Å²) in [5, 5.41) is 6.61. The molecule has 1 saturated heterocycles. The number of nitrogens with zero attached hydrogens (tertiary/aromatic N) is 3. The summed E-state index contributed by atoms with van der Waals surface area (Å²) >= 11 is 0. The number of morpholine rings is 1. The number of anilines is 3. The molecule has 1 fully saturated rings. The number of hydrogen-bond donors (Lipinski definition) is 2. The predicted octanol–water partition coefficient (Wildman–Crippen LogP) is 1.96. The van der Waals surface area contributed by atoms with Gasteiger partial charge in [0.1, 0.15) is 18.0 Å². The molecule has 1 aromatic heterocycles. The van der Waals surface area contributed by atoms with Gasteiger partial charge in [0, 0.05) is 37.9 Å². The molecular weight excluding hydrogens is 278 g/mol. The minimum absolute atomic E-state index is 0.787. The maximum atomic E-state index is 5.35. The van der Waals surface area contributed by atoms with E-state index in [-0.39, 0.29) is 0 Å². The van der Waals surface area contributed by atoms with Gasteiger partial charge in [-0.15, -0.1) is 0 Å². The highest BCUT2D eigenvalue weighted by Crippen LogP contribution is 2.15. The number of aromatic nitrogens is 2. The number of nitrogens with one attached hydrogen (secondary N) is 2. The number of para-hydroxylation sites is 1. The molecule has 0 saturated carbocycles. The Hall–Kier alpha value is -2.18. The third-order valence-corrected chi connectivity index (χ3v) is 3.55. The maximum Gasteiger partial charge on any atom is 0.135 e. The largest absolute Gasteiger partial charge is 0.379 e. The van der Waals surface area contributed by atoms with Crippen molar-refractivity contribution in [3.05, 3.63) is 42.7 Å². The Balaban J connectivity index is 1.50. The zero-order valence-electron chi connectivity index (χ0n) is 12.5. The molecule has 0 radical (unpaired) electrons. The second kappa shape index (κ2) is 7.72. The Bertz CT molecular complexity index is 572. The van der Waals surface area contributed by atoms with Crippen LogP contribution in [0.4, 0.5) is 17.3 Å². The lowest BCUT2D eigenvalue weighted by molar-refractivity contribution is 0.0398. The van der Waals surface area contributed by atoms with Crippen molar-refractivity contribution in [3.63, 3.8) is 0 Å². The summed E-state index contributed by atoms with van der Waals surface area (Å²) < 4.78 is 5.35. The van der Waals surface area contributed by atoms with Crippen LogP contribution in [0.5, 0.6) is 0 Å². The minimum atomic E-state index is 0.787. The van der Waals surface area contributed by atoms with Gasteiger partial charge in [-0.2, -0.15) is 0 Å². The molecule has 1 aromatic carbocycles. The van der Waals surface area contributed by atoms with Crippen LogP contribution < -0.4 is 10.6 Å². The Morgan fingerprint density at radius 1 is 1.05 bits per heavy atom. The van der Waals surface area contributed by atoms with Crippen LogP contribution in [-0.4, -0.2) is 54.3 Å². The molecule has 0 atom stereocenters.